The first kappa shape index (κ1) is 50.7. The van der Waals surface area contributed by atoms with Crippen molar-refractivity contribution in [1.82, 2.24) is 19.6 Å². The van der Waals surface area contributed by atoms with Crippen LogP contribution in [-0.2, 0) is 37.6 Å². The van der Waals surface area contributed by atoms with Gasteiger partial charge in [-0.3, -0.25) is 19.8 Å². The molecule has 0 saturated carbocycles. The van der Waals surface area contributed by atoms with Gasteiger partial charge in [-0.15, -0.1) is 20.5 Å². The number of aromatic amines is 2. The third kappa shape index (κ3) is 10.7. The molecule has 0 unspecified atom stereocenters. The summed E-state index contributed by atoms with van der Waals surface area (Å²) in [5.41, 5.74) is 1.22. The second-order valence-corrected chi connectivity index (χ2v) is 15.7. The molecule has 4 N–H and O–H groups in total. The largest absolute Gasteiger partial charge is 1.00 e. The molecule has 63 heavy (non-hydrogen) atoms. The number of H-pyrrole nitrogens is 2. The van der Waals surface area contributed by atoms with Crippen molar-refractivity contribution in [3.8, 4) is 22.9 Å². The first-order valence-corrected chi connectivity index (χ1v) is 20.3. The summed E-state index contributed by atoms with van der Waals surface area (Å²) in [5.74, 6) is -1.08. The van der Waals surface area contributed by atoms with Crippen LogP contribution in [0.2, 0.25) is 0 Å². The molecule has 0 radical (unpaired) electrons. The Balaban J connectivity index is 0.000000264. The van der Waals surface area contributed by atoms with Gasteiger partial charge in [0.2, 0.25) is 0 Å². The number of hydrogen-bond acceptors (Lipinski definition) is 14. The van der Waals surface area contributed by atoms with E-state index in [-0.39, 0.29) is 121 Å². The predicted molar refractivity (Wildman–Crippen MR) is 218 cm³/mol. The average molecular weight is 945 g/mol. The number of fused-ring (bicyclic) bond motifs is 2. The van der Waals surface area contributed by atoms with Crippen molar-refractivity contribution in [2.45, 2.75) is 23.6 Å². The summed E-state index contributed by atoms with van der Waals surface area (Å²) >= 11 is 0. The fourth-order valence-electron chi connectivity index (χ4n) is 6.28. The van der Waals surface area contributed by atoms with E-state index in [1.807, 2.05) is 12.1 Å². The van der Waals surface area contributed by atoms with E-state index in [1.165, 1.54) is 33.6 Å². The van der Waals surface area contributed by atoms with Crippen LogP contribution in [0.25, 0.3) is 32.9 Å². The Bertz CT molecular complexity index is 3150. The van der Waals surface area contributed by atoms with Gasteiger partial charge in [0, 0.05) is 51.0 Å². The SMILES string of the molecule is Cc1[nH]n(-c2ccccc2)c(=O)c1N=Nc1c(O)cc(S(=O)(=O)[O-])c2ccccc12.Cc1[nH]n(-c2ccccc2)c(=O)c1N=Nc1c(O)cc(S(=O)(=O)[O-])c2ccccc12.[Cr].[Na+].[Na+]. The summed E-state index contributed by atoms with van der Waals surface area (Å²) in [6.45, 7) is 3.31. The van der Waals surface area contributed by atoms with Gasteiger partial charge in [-0.2, -0.15) is 0 Å². The van der Waals surface area contributed by atoms with Crippen LogP contribution in [0.5, 0.6) is 11.5 Å². The molecule has 0 aliphatic rings. The van der Waals surface area contributed by atoms with Crippen LogP contribution in [-0.4, -0.2) is 55.7 Å². The van der Waals surface area contributed by atoms with E-state index in [4.69, 9.17) is 0 Å². The van der Waals surface area contributed by atoms with Crippen molar-refractivity contribution in [3.05, 3.63) is 153 Å². The molecule has 0 amide bonds. The monoisotopic (exact) mass is 944 g/mol. The van der Waals surface area contributed by atoms with Crippen LogP contribution < -0.4 is 70.2 Å². The van der Waals surface area contributed by atoms with E-state index in [2.05, 4.69) is 30.7 Å². The fraction of sp³-hybridized carbons (Fsp3) is 0.0500. The third-order valence-electron chi connectivity index (χ3n) is 9.06. The molecule has 23 heteroatoms. The fourth-order valence-corrected chi connectivity index (χ4v) is 7.68. The summed E-state index contributed by atoms with van der Waals surface area (Å²) in [5, 5.41) is 43.1. The van der Waals surface area contributed by atoms with Gasteiger partial charge >= 0.3 is 59.1 Å². The topological polar surface area (TPSA) is 280 Å². The van der Waals surface area contributed by atoms with Gasteiger partial charge in [0.1, 0.15) is 43.1 Å². The third-order valence-corrected chi connectivity index (χ3v) is 10.8. The maximum Gasteiger partial charge on any atom is 1.00 e. The molecule has 18 nitrogen and oxygen atoms in total. The number of azo groups is 2. The molecule has 2 aromatic heterocycles. The van der Waals surface area contributed by atoms with Gasteiger partial charge in [-0.1, -0.05) is 84.9 Å². The van der Waals surface area contributed by atoms with E-state index in [9.17, 15) is 45.7 Å². The summed E-state index contributed by atoms with van der Waals surface area (Å²) in [6.07, 6.45) is 0. The van der Waals surface area contributed by atoms with Gasteiger partial charge in [0.25, 0.3) is 11.1 Å². The second-order valence-electron chi connectivity index (χ2n) is 13.0. The van der Waals surface area contributed by atoms with Crippen molar-refractivity contribution in [1.29, 1.82) is 0 Å². The quantitative estimate of drug-likeness (QED) is 0.0963. The Morgan fingerprint density at radius 3 is 1.10 bits per heavy atom. The number of aromatic hydroxyl groups is 2. The van der Waals surface area contributed by atoms with Gasteiger partial charge in [0.05, 0.1) is 32.6 Å². The minimum atomic E-state index is -4.82. The standard InChI is InChI=1S/2C20H16N4O5S.Cr.2Na/c2*1-12-18(20(26)24(23-12)13-7-3-2-4-8-13)21-22-19-15-10-6-5-9-14(15)17(11-16(19)25)30(27,28)29;;;/h2*2-11,23,25H,1H3,(H,27,28,29);;;/q;;;2*+1/p-2. The van der Waals surface area contributed by atoms with E-state index >= 15 is 0 Å². The Kier molecular flexibility index (Phi) is 16.6. The first-order chi connectivity index (χ1) is 28.5. The van der Waals surface area contributed by atoms with Gasteiger partial charge in [-0.05, 0) is 38.1 Å². The molecule has 0 fully saturated rings. The van der Waals surface area contributed by atoms with Crippen molar-refractivity contribution < 1.29 is 113 Å². The smallest absolute Gasteiger partial charge is 0.744 e. The molecule has 2 heterocycles. The maximum absolute atomic E-state index is 12.7. The van der Waals surface area contributed by atoms with Crippen molar-refractivity contribution in [2.75, 3.05) is 0 Å². The molecule has 0 aliphatic carbocycles. The van der Waals surface area contributed by atoms with Crippen molar-refractivity contribution in [3.63, 3.8) is 0 Å². The van der Waals surface area contributed by atoms with E-state index < -0.39 is 52.6 Å². The zero-order valence-corrected chi connectivity index (χ0v) is 40.5. The van der Waals surface area contributed by atoms with Crippen LogP contribution in [0.1, 0.15) is 11.4 Å². The number of aryl methyl sites for hydroxylation is 2. The number of hydrogen-bond donors (Lipinski definition) is 4. The number of nitrogens with one attached hydrogen (secondary N) is 2. The summed E-state index contributed by atoms with van der Waals surface area (Å²) < 4.78 is 71.9. The maximum atomic E-state index is 12.7. The van der Waals surface area contributed by atoms with E-state index in [1.54, 1.807) is 86.6 Å². The zero-order valence-electron chi connectivity index (χ0n) is 33.6. The number of rotatable bonds is 8. The van der Waals surface area contributed by atoms with Crippen LogP contribution >= 0.6 is 0 Å². The minimum absolute atomic E-state index is 0. The number of aromatic nitrogens is 4. The minimum Gasteiger partial charge on any atom is -0.744 e. The first-order valence-electron chi connectivity index (χ1n) is 17.5. The Morgan fingerprint density at radius 2 is 0.778 bits per heavy atom. The second kappa shape index (κ2) is 20.7. The Hall–Kier alpha value is -4.99. The molecule has 310 valence electrons. The molecule has 0 saturated heterocycles. The Morgan fingerprint density at radius 1 is 0.492 bits per heavy atom. The van der Waals surface area contributed by atoms with Crippen LogP contribution in [0.15, 0.2) is 161 Å². The molecule has 0 bridgehead atoms. The molecule has 8 rings (SSSR count). The van der Waals surface area contributed by atoms with Crippen LogP contribution in [0.4, 0.5) is 22.7 Å². The summed E-state index contributed by atoms with van der Waals surface area (Å²) in [7, 11) is -9.63. The number of benzene rings is 6. The van der Waals surface area contributed by atoms with Gasteiger partial charge in [0.15, 0.2) is 11.4 Å². The van der Waals surface area contributed by atoms with Crippen LogP contribution in [0.3, 0.4) is 0 Å². The zero-order chi connectivity index (χ0) is 42.9. The molecule has 8 aromatic rings. The van der Waals surface area contributed by atoms with Crippen molar-refractivity contribution >= 4 is 64.5 Å². The molecular weight excluding hydrogens is 915 g/mol. The van der Waals surface area contributed by atoms with Gasteiger partial charge in [-0.25, -0.2) is 26.2 Å². The molecule has 0 aliphatic heterocycles. The van der Waals surface area contributed by atoms with Crippen LogP contribution in [0, 0.1) is 13.8 Å². The summed E-state index contributed by atoms with van der Waals surface area (Å²) in [6, 6.07) is 31.7. The number of nitrogens with zero attached hydrogens (tertiary/aromatic N) is 6. The Labute approximate surface area is 413 Å². The van der Waals surface area contributed by atoms with Gasteiger partial charge < -0.3 is 19.3 Å². The normalized spacial score (nSPS) is 11.5. The molecule has 0 spiro atoms. The molecular formula is C40H30CrN8Na2O10S2. The predicted octanol–water partition coefficient (Wildman–Crippen LogP) is 1.31. The van der Waals surface area contributed by atoms with E-state index in [0.717, 1.165) is 12.1 Å². The summed E-state index contributed by atoms with van der Waals surface area (Å²) in [4.78, 5) is 24.4. The molecule has 6 aromatic carbocycles. The number of para-hydroxylation sites is 2. The van der Waals surface area contributed by atoms with Crippen molar-refractivity contribution in [2.24, 2.45) is 20.5 Å². The number of phenols is 2. The molecule has 0 atom stereocenters. The van der Waals surface area contributed by atoms with E-state index in [0.29, 0.717) is 22.8 Å². The average Bonchev–Trinajstić information content (AvgIpc) is 3.68. The number of phenolic OH excluding ortho intramolecular Hbond substituents is 2.